The summed E-state index contributed by atoms with van der Waals surface area (Å²) in [4.78, 5) is 23.2. The lowest BCUT2D eigenvalue weighted by Crippen LogP contribution is -2.56. The van der Waals surface area contributed by atoms with Crippen LogP contribution >= 0.6 is 0 Å². The molecule has 1 N–H and O–H groups in total. The van der Waals surface area contributed by atoms with E-state index in [2.05, 4.69) is 32.3 Å². The number of carbonyl (C=O) groups excluding carboxylic acids is 1. The molecule has 1 aromatic carbocycles. The van der Waals surface area contributed by atoms with Gasteiger partial charge in [0.2, 0.25) is 0 Å². The highest BCUT2D eigenvalue weighted by Crippen LogP contribution is 2.36. The van der Waals surface area contributed by atoms with Crippen molar-refractivity contribution in [2.24, 2.45) is 0 Å². The Morgan fingerprint density at radius 3 is 2.70 bits per heavy atom. The number of aromatic nitrogens is 2. The molecular formula is C21H26N4O2. The summed E-state index contributed by atoms with van der Waals surface area (Å²) in [6.07, 6.45) is 10.3. The fourth-order valence-electron chi connectivity index (χ4n) is 4.56. The number of fused-ring (bicyclic) bond motifs is 2. The van der Waals surface area contributed by atoms with Crippen LogP contribution < -0.4 is 10.1 Å². The number of carbonyl (C=O) groups is 1. The molecular weight excluding hydrogens is 340 g/mol. The molecule has 6 nitrogen and oxygen atoms in total. The van der Waals surface area contributed by atoms with Gasteiger partial charge in [0.1, 0.15) is 11.4 Å². The molecule has 0 radical (unpaired) electrons. The Kier molecular flexibility index (Phi) is 5.34. The van der Waals surface area contributed by atoms with Crippen molar-refractivity contribution in [2.75, 3.05) is 7.11 Å². The Morgan fingerprint density at radius 2 is 2.00 bits per heavy atom. The molecule has 1 aromatic heterocycles. The third-order valence-corrected chi connectivity index (χ3v) is 5.80. The van der Waals surface area contributed by atoms with Crippen LogP contribution in [-0.2, 0) is 6.54 Å². The lowest BCUT2D eigenvalue weighted by molar-refractivity contribution is 0.0172. The molecule has 3 heterocycles. The summed E-state index contributed by atoms with van der Waals surface area (Å²) in [7, 11) is 1.73. The van der Waals surface area contributed by atoms with E-state index in [4.69, 9.17) is 4.74 Å². The van der Waals surface area contributed by atoms with Gasteiger partial charge in [0.05, 0.1) is 13.3 Å². The first kappa shape index (κ1) is 17.9. The van der Waals surface area contributed by atoms with Crippen LogP contribution in [0.2, 0.25) is 0 Å². The normalized spacial score (nSPS) is 25.0. The molecule has 6 heteroatoms. The summed E-state index contributed by atoms with van der Waals surface area (Å²) in [5.74, 6) is 0.831. The maximum Gasteiger partial charge on any atom is 0.271 e. The Labute approximate surface area is 160 Å². The topological polar surface area (TPSA) is 67.3 Å². The zero-order chi connectivity index (χ0) is 18.6. The minimum Gasteiger partial charge on any atom is -0.496 e. The van der Waals surface area contributed by atoms with E-state index in [1.54, 1.807) is 19.5 Å². The molecule has 1 amide bonds. The van der Waals surface area contributed by atoms with Crippen molar-refractivity contribution in [3.05, 3.63) is 54.1 Å². The molecule has 0 aliphatic carbocycles. The first-order chi connectivity index (χ1) is 13.2. The standard InChI is InChI=1S/C21H26N4O2/c1-27-20-8-3-2-5-15(20)14-25-17-6-4-7-18(25)12-16(11-17)24-21(26)19-13-22-9-10-23-19/h2-3,5,8-10,13,16-18H,4,6-7,11-12,14H2,1H3,(H,24,26)/t17-,18-/m1/s1. The number of hydrogen-bond acceptors (Lipinski definition) is 5. The first-order valence-electron chi connectivity index (χ1n) is 9.69. The summed E-state index contributed by atoms with van der Waals surface area (Å²) in [6.45, 7) is 0.907. The minimum absolute atomic E-state index is 0.121. The van der Waals surface area contributed by atoms with Gasteiger partial charge in [0.25, 0.3) is 5.91 Å². The number of hydrogen-bond donors (Lipinski definition) is 1. The molecule has 2 aliphatic rings. The predicted octanol–water partition coefficient (Wildman–Crippen LogP) is 2.80. The van der Waals surface area contributed by atoms with Gasteiger partial charge >= 0.3 is 0 Å². The third kappa shape index (κ3) is 3.95. The van der Waals surface area contributed by atoms with Crippen molar-refractivity contribution < 1.29 is 9.53 Å². The van der Waals surface area contributed by atoms with Gasteiger partial charge < -0.3 is 10.1 Å². The van der Waals surface area contributed by atoms with Crippen molar-refractivity contribution in [2.45, 2.75) is 56.8 Å². The van der Waals surface area contributed by atoms with Gasteiger partial charge in [-0.2, -0.15) is 0 Å². The number of rotatable bonds is 5. The second kappa shape index (κ2) is 8.05. The summed E-state index contributed by atoms with van der Waals surface area (Å²) < 4.78 is 5.54. The zero-order valence-electron chi connectivity index (χ0n) is 15.7. The number of methoxy groups -OCH3 is 1. The van der Waals surface area contributed by atoms with Gasteiger partial charge in [-0.3, -0.25) is 14.7 Å². The maximum absolute atomic E-state index is 12.4. The lowest BCUT2D eigenvalue weighted by Gasteiger charge is -2.49. The SMILES string of the molecule is COc1ccccc1CN1[C@@H]2CCC[C@@H]1CC(NC(=O)c1cnccn1)C2. The summed E-state index contributed by atoms with van der Waals surface area (Å²) in [5, 5.41) is 3.18. The van der Waals surface area contributed by atoms with Crippen molar-refractivity contribution in [1.82, 2.24) is 20.2 Å². The highest BCUT2D eigenvalue weighted by Gasteiger charge is 2.39. The Balaban J connectivity index is 1.44. The van der Waals surface area contributed by atoms with E-state index in [1.165, 1.54) is 31.0 Å². The molecule has 0 unspecified atom stereocenters. The number of ether oxygens (including phenoxy) is 1. The van der Waals surface area contributed by atoms with Crippen LogP contribution in [0.4, 0.5) is 0 Å². The second-order valence-corrected chi connectivity index (χ2v) is 7.46. The zero-order valence-corrected chi connectivity index (χ0v) is 15.7. The minimum atomic E-state index is -0.121. The van der Waals surface area contributed by atoms with Gasteiger partial charge in [-0.1, -0.05) is 24.6 Å². The fraction of sp³-hybridized carbons (Fsp3) is 0.476. The molecule has 27 heavy (non-hydrogen) atoms. The summed E-state index contributed by atoms with van der Waals surface area (Å²) >= 11 is 0. The van der Waals surface area contributed by atoms with Crippen LogP contribution in [0.3, 0.4) is 0 Å². The number of benzene rings is 1. The number of nitrogens with zero attached hydrogens (tertiary/aromatic N) is 3. The number of amides is 1. The van der Waals surface area contributed by atoms with E-state index >= 15 is 0 Å². The fourth-order valence-corrected chi connectivity index (χ4v) is 4.56. The second-order valence-electron chi connectivity index (χ2n) is 7.46. The monoisotopic (exact) mass is 366 g/mol. The Hall–Kier alpha value is -2.47. The quantitative estimate of drug-likeness (QED) is 0.881. The van der Waals surface area contributed by atoms with Gasteiger partial charge in [0.15, 0.2) is 0 Å². The molecule has 2 fully saturated rings. The molecule has 4 rings (SSSR count). The summed E-state index contributed by atoms with van der Waals surface area (Å²) in [5.41, 5.74) is 1.62. The van der Waals surface area contributed by atoms with Crippen LogP contribution in [-0.4, -0.2) is 46.0 Å². The molecule has 2 saturated heterocycles. The van der Waals surface area contributed by atoms with E-state index in [9.17, 15) is 4.79 Å². The molecule has 0 saturated carbocycles. The highest BCUT2D eigenvalue weighted by molar-refractivity contribution is 5.92. The highest BCUT2D eigenvalue weighted by atomic mass is 16.5. The smallest absolute Gasteiger partial charge is 0.271 e. The van der Waals surface area contributed by atoms with Crippen molar-refractivity contribution >= 4 is 5.91 Å². The van der Waals surface area contributed by atoms with E-state index < -0.39 is 0 Å². The van der Waals surface area contributed by atoms with Crippen molar-refractivity contribution in [1.29, 1.82) is 0 Å². The van der Waals surface area contributed by atoms with E-state index in [0.717, 1.165) is 25.1 Å². The van der Waals surface area contributed by atoms with Gasteiger partial charge in [-0.15, -0.1) is 0 Å². The maximum atomic E-state index is 12.4. The van der Waals surface area contributed by atoms with Crippen LogP contribution in [0, 0.1) is 0 Å². The Bertz CT molecular complexity index is 769. The molecule has 2 bridgehead atoms. The van der Waals surface area contributed by atoms with Gasteiger partial charge in [-0.25, -0.2) is 4.98 Å². The summed E-state index contributed by atoms with van der Waals surface area (Å²) in [6, 6.07) is 9.45. The first-order valence-corrected chi connectivity index (χ1v) is 9.69. The lowest BCUT2D eigenvalue weighted by atomic mass is 9.81. The molecule has 142 valence electrons. The molecule has 2 aliphatic heterocycles. The molecule has 2 aromatic rings. The Morgan fingerprint density at radius 1 is 1.22 bits per heavy atom. The van der Waals surface area contributed by atoms with Gasteiger partial charge in [0, 0.05) is 42.6 Å². The van der Waals surface area contributed by atoms with Gasteiger partial charge in [-0.05, 0) is 31.7 Å². The van der Waals surface area contributed by atoms with E-state index in [0.29, 0.717) is 17.8 Å². The molecule has 2 atom stereocenters. The van der Waals surface area contributed by atoms with Crippen molar-refractivity contribution in [3.8, 4) is 5.75 Å². The van der Waals surface area contributed by atoms with Crippen LogP contribution in [0.5, 0.6) is 5.75 Å². The predicted molar refractivity (Wildman–Crippen MR) is 102 cm³/mol. The third-order valence-electron chi connectivity index (χ3n) is 5.80. The number of para-hydroxylation sites is 1. The average Bonchev–Trinajstić information content (AvgIpc) is 2.69. The number of piperidine rings is 2. The largest absolute Gasteiger partial charge is 0.496 e. The van der Waals surface area contributed by atoms with E-state index in [-0.39, 0.29) is 11.9 Å². The number of nitrogens with one attached hydrogen (secondary N) is 1. The van der Waals surface area contributed by atoms with E-state index in [1.807, 2.05) is 12.1 Å². The molecule has 0 spiro atoms. The van der Waals surface area contributed by atoms with Crippen LogP contribution in [0.15, 0.2) is 42.9 Å². The van der Waals surface area contributed by atoms with Crippen molar-refractivity contribution in [3.63, 3.8) is 0 Å². The van der Waals surface area contributed by atoms with Crippen LogP contribution in [0.1, 0.15) is 48.2 Å². The average molecular weight is 366 g/mol. The van der Waals surface area contributed by atoms with Crippen LogP contribution in [0.25, 0.3) is 0 Å².